The number of aliphatic hydroxyl groups excluding tert-OH is 1. The Bertz CT molecular complexity index is 1060. The average Bonchev–Trinajstić information content (AvgIpc) is 2.88. The first kappa shape index (κ1) is 21.6. The topological polar surface area (TPSA) is 122 Å². The molecule has 10 heteroatoms. The molecular weight excluding hydrogens is 426 g/mol. The molecule has 33 heavy (non-hydrogen) atoms. The van der Waals surface area contributed by atoms with Crippen molar-refractivity contribution < 1.29 is 24.3 Å². The van der Waals surface area contributed by atoms with Gasteiger partial charge in [-0.3, -0.25) is 24.6 Å². The van der Waals surface area contributed by atoms with Gasteiger partial charge in [0.2, 0.25) is 17.7 Å². The minimum absolute atomic E-state index is 0.211. The number of amides is 5. The Morgan fingerprint density at radius 3 is 2.39 bits per heavy atom. The zero-order chi connectivity index (χ0) is 23.5. The lowest BCUT2D eigenvalue weighted by atomic mass is 9.42. The van der Waals surface area contributed by atoms with Crippen LogP contribution in [0, 0.1) is 10.8 Å². The van der Waals surface area contributed by atoms with Gasteiger partial charge in [0.1, 0.15) is 0 Å². The fourth-order valence-corrected chi connectivity index (χ4v) is 5.95. The van der Waals surface area contributed by atoms with E-state index < -0.39 is 47.1 Å². The van der Waals surface area contributed by atoms with Crippen LogP contribution in [-0.2, 0) is 14.4 Å². The maximum Gasteiger partial charge on any atom is 0.324 e. The second kappa shape index (κ2) is 7.39. The van der Waals surface area contributed by atoms with E-state index in [2.05, 4.69) is 10.6 Å². The number of imide groups is 1. The predicted molar refractivity (Wildman–Crippen MR) is 117 cm³/mol. The summed E-state index contributed by atoms with van der Waals surface area (Å²) in [7, 11) is 0. The van der Waals surface area contributed by atoms with Gasteiger partial charge in [0, 0.05) is 32.3 Å². The lowest BCUT2D eigenvalue weighted by Crippen LogP contribution is -2.91. The molecule has 3 aliphatic heterocycles. The molecule has 5 atom stereocenters. The Balaban J connectivity index is 1.47. The highest BCUT2D eigenvalue weighted by molar-refractivity contribution is 6.06. The van der Waals surface area contributed by atoms with Crippen LogP contribution in [0.15, 0.2) is 36.4 Å². The molecule has 3 heterocycles. The van der Waals surface area contributed by atoms with Crippen LogP contribution < -0.4 is 10.6 Å². The van der Waals surface area contributed by atoms with Crippen molar-refractivity contribution in [2.45, 2.75) is 32.3 Å². The van der Waals surface area contributed by atoms with E-state index in [1.54, 1.807) is 34.6 Å². The Labute approximate surface area is 191 Å². The van der Waals surface area contributed by atoms with Crippen LogP contribution in [0.5, 0.6) is 0 Å². The van der Waals surface area contributed by atoms with E-state index in [0.717, 1.165) is 5.56 Å². The van der Waals surface area contributed by atoms with Gasteiger partial charge in [0.05, 0.1) is 22.9 Å². The quantitative estimate of drug-likeness (QED) is 0.522. The summed E-state index contributed by atoms with van der Waals surface area (Å²) in [6.45, 7) is 4.46. The van der Waals surface area contributed by atoms with E-state index in [0.29, 0.717) is 6.54 Å². The van der Waals surface area contributed by atoms with Crippen molar-refractivity contribution in [3.63, 3.8) is 0 Å². The number of nitrogens with one attached hydrogen (secondary N) is 2. The molecule has 3 saturated heterocycles. The first-order valence-electron chi connectivity index (χ1n) is 11.1. The molecule has 10 nitrogen and oxygen atoms in total. The maximum absolute atomic E-state index is 13.0. The van der Waals surface area contributed by atoms with Crippen molar-refractivity contribution in [1.29, 1.82) is 0 Å². The molecule has 1 aromatic carbocycles. The summed E-state index contributed by atoms with van der Waals surface area (Å²) in [6, 6.07) is 7.78. The highest BCUT2D eigenvalue weighted by atomic mass is 16.3. The van der Waals surface area contributed by atoms with Gasteiger partial charge in [-0.05, 0) is 25.5 Å². The number of fused-ring (bicyclic) bond motifs is 1. The predicted octanol–water partition coefficient (Wildman–Crippen LogP) is -0.435. The third-order valence-corrected chi connectivity index (χ3v) is 8.02. The van der Waals surface area contributed by atoms with Crippen LogP contribution >= 0.6 is 0 Å². The third-order valence-electron chi connectivity index (χ3n) is 8.02. The van der Waals surface area contributed by atoms with E-state index in [1.807, 2.05) is 30.3 Å². The van der Waals surface area contributed by atoms with Gasteiger partial charge in [0.25, 0.3) is 0 Å². The Hall–Kier alpha value is -3.24. The van der Waals surface area contributed by atoms with E-state index in [1.165, 1.54) is 6.08 Å². The van der Waals surface area contributed by atoms with Crippen molar-refractivity contribution in [2.24, 2.45) is 10.8 Å². The summed E-state index contributed by atoms with van der Waals surface area (Å²) in [5.74, 6) is -1.13. The van der Waals surface area contributed by atoms with Crippen molar-refractivity contribution in [2.75, 3.05) is 26.2 Å². The van der Waals surface area contributed by atoms with Crippen LogP contribution in [0.3, 0.4) is 0 Å². The van der Waals surface area contributed by atoms with Crippen LogP contribution in [-0.4, -0.2) is 88.2 Å². The highest BCUT2D eigenvalue weighted by Gasteiger charge is 2.80. The normalized spacial score (nSPS) is 36.2. The third kappa shape index (κ3) is 2.87. The number of hydrogen-bond acceptors (Lipinski definition) is 6. The lowest BCUT2D eigenvalue weighted by Gasteiger charge is -2.72. The van der Waals surface area contributed by atoms with Crippen LogP contribution in [0.4, 0.5) is 4.79 Å². The maximum atomic E-state index is 13.0. The first-order valence-corrected chi connectivity index (χ1v) is 11.1. The molecule has 174 valence electrons. The van der Waals surface area contributed by atoms with Crippen molar-refractivity contribution >= 4 is 29.8 Å². The molecule has 0 spiro atoms. The molecular formula is C23H27N5O5. The molecule has 4 aliphatic rings. The van der Waals surface area contributed by atoms with E-state index >= 15 is 0 Å². The monoisotopic (exact) mass is 453 g/mol. The number of benzene rings is 1. The molecule has 4 fully saturated rings. The molecule has 0 bridgehead atoms. The SMILES string of the molecule is CC12C(=O)NC(=O)N3CCN(C(=O)C=Cc4ccccc4)CCN4C(O)NC(=O)C1(C)C4C32. The Kier molecular flexibility index (Phi) is 4.84. The first-order chi connectivity index (χ1) is 15.7. The molecule has 0 radical (unpaired) electrons. The summed E-state index contributed by atoms with van der Waals surface area (Å²) in [6.07, 6.45) is 1.95. The molecule has 5 amide bonds. The molecule has 1 aromatic rings. The van der Waals surface area contributed by atoms with Gasteiger partial charge in [-0.25, -0.2) is 4.79 Å². The lowest BCUT2D eigenvalue weighted by molar-refractivity contribution is -0.249. The van der Waals surface area contributed by atoms with Crippen LogP contribution in [0.25, 0.3) is 6.08 Å². The summed E-state index contributed by atoms with van der Waals surface area (Å²) >= 11 is 0. The summed E-state index contributed by atoms with van der Waals surface area (Å²) in [4.78, 5) is 56.5. The zero-order valence-electron chi connectivity index (χ0n) is 18.5. The van der Waals surface area contributed by atoms with E-state index in [9.17, 15) is 24.3 Å². The zero-order valence-corrected chi connectivity index (χ0v) is 18.5. The smallest absolute Gasteiger partial charge is 0.324 e. The second-order valence-electron chi connectivity index (χ2n) is 9.40. The van der Waals surface area contributed by atoms with Gasteiger partial charge in [-0.15, -0.1) is 0 Å². The Morgan fingerprint density at radius 2 is 1.67 bits per heavy atom. The molecule has 5 unspecified atom stereocenters. The summed E-state index contributed by atoms with van der Waals surface area (Å²) in [5.41, 5.74) is -1.39. The van der Waals surface area contributed by atoms with Crippen LogP contribution in [0.2, 0.25) is 0 Å². The van der Waals surface area contributed by atoms with Crippen molar-refractivity contribution in [3.05, 3.63) is 42.0 Å². The van der Waals surface area contributed by atoms with Crippen molar-refractivity contribution in [3.8, 4) is 0 Å². The number of carbonyl (C=O) groups excluding carboxylic acids is 4. The molecule has 0 aromatic heterocycles. The molecule has 1 saturated carbocycles. The summed E-state index contributed by atoms with van der Waals surface area (Å²) in [5, 5.41) is 15.6. The van der Waals surface area contributed by atoms with Gasteiger partial charge < -0.3 is 20.2 Å². The van der Waals surface area contributed by atoms with Crippen LogP contribution in [0.1, 0.15) is 19.4 Å². The van der Waals surface area contributed by atoms with Gasteiger partial charge in [-0.1, -0.05) is 30.3 Å². The number of nitrogens with zero attached hydrogens (tertiary/aromatic N) is 3. The molecule has 3 N–H and O–H groups in total. The Morgan fingerprint density at radius 1 is 1.00 bits per heavy atom. The van der Waals surface area contributed by atoms with E-state index in [-0.39, 0.29) is 25.5 Å². The largest absolute Gasteiger partial charge is 0.361 e. The summed E-state index contributed by atoms with van der Waals surface area (Å²) < 4.78 is 0. The number of rotatable bonds is 2. The standard InChI is InChI=1S/C23H27N5O5/c1-22-16-17-23(22,2)19(31)25-21(33)28(17)13-11-26(10-12-27(16)20(32)24-18(22)30)15(29)9-8-14-6-4-3-5-7-14/h3-9,16-17,20,32H,10-13H2,1-2H3,(H,24,30)(H,25,31,33). The minimum Gasteiger partial charge on any atom is -0.361 e. The molecule has 1 aliphatic carbocycles. The highest BCUT2D eigenvalue weighted by Crippen LogP contribution is 2.63. The second-order valence-corrected chi connectivity index (χ2v) is 9.40. The fraction of sp³-hybridized carbons (Fsp3) is 0.478. The number of aliphatic hydroxyl groups is 1. The minimum atomic E-state index is -1.27. The van der Waals surface area contributed by atoms with Crippen molar-refractivity contribution in [1.82, 2.24) is 25.3 Å². The number of hydrogen-bond donors (Lipinski definition) is 3. The van der Waals surface area contributed by atoms with Gasteiger partial charge >= 0.3 is 6.03 Å². The van der Waals surface area contributed by atoms with Gasteiger partial charge in [-0.2, -0.15) is 0 Å². The average molecular weight is 453 g/mol. The van der Waals surface area contributed by atoms with Gasteiger partial charge in [0.15, 0.2) is 6.35 Å². The number of urea groups is 1. The van der Waals surface area contributed by atoms with E-state index in [4.69, 9.17) is 0 Å². The molecule has 5 rings (SSSR count). The number of carbonyl (C=O) groups is 4. The fourth-order valence-electron chi connectivity index (χ4n) is 5.95.